The molecule has 3 aromatic rings. The molecule has 2 fully saturated rings. The average Bonchev–Trinajstić information content (AvgIpc) is 3.58. The number of hydrogen-bond donors (Lipinski definition) is 1. The molecule has 1 aliphatic carbocycles. The molecule has 0 atom stereocenters. The molecular formula is C23H27N5O3. The zero-order valence-corrected chi connectivity index (χ0v) is 17.7. The first kappa shape index (κ1) is 20.0. The lowest BCUT2D eigenvalue weighted by Crippen LogP contribution is -2.38. The van der Waals surface area contributed by atoms with E-state index in [1.165, 1.54) is 0 Å². The van der Waals surface area contributed by atoms with Crippen molar-refractivity contribution in [1.29, 1.82) is 0 Å². The SMILES string of the molecule is Cn1ncc2c(C(=O)Nc3ccccc3OCCN3CCOCC3)cc(C3CC3)nc21. The molecule has 0 bridgehead atoms. The Balaban J connectivity index is 1.33. The van der Waals surface area contributed by atoms with Crippen LogP contribution in [0.1, 0.15) is 34.8 Å². The molecule has 3 heterocycles. The highest BCUT2D eigenvalue weighted by Crippen LogP contribution is 2.40. The maximum Gasteiger partial charge on any atom is 0.256 e. The molecule has 8 heteroatoms. The first-order valence-corrected chi connectivity index (χ1v) is 10.8. The maximum atomic E-state index is 13.3. The second-order valence-corrected chi connectivity index (χ2v) is 8.13. The molecule has 5 rings (SSSR count). The fourth-order valence-electron chi connectivity index (χ4n) is 3.90. The second kappa shape index (κ2) is 8.64. The molecule has 31 heavy (non-hydrogen) atoms. The number of fused-ring (bicyclic) bond motifs is 1. The van der Waals surface area contributed by atoms with Crippen molar-refractivity contribution in [2.45, 2.75) is 18.8 Å². The van der Waals surface area contributed by atoms with E-state index in [9.17, 15) is 4.79 Å². The number of nitrogens with one attached hydrogen (secondary N) is 1. The Kier molecular flexibility index (Phi) is 5.57. The van der Waals surface area contributed by atoms with Crippen LogP contribution in [0.2, 0.25) is 0 Å². The summed E-state index contributed by atoms with van der Waals surface area (Å²) in [5, 5.41) is 8.11. The number of carbonyl (C=O) groups excluding carboxylic acids is 1. The predicted octanol–water partition coefficient (Wildman–Crippen LogP) is 2.81. The Morgan fingerprint density at radius 2 is 2.06 bits per heavy atom. The number of carbonyl (C=O) groups is 1. The molecule has 8 nitrogen and oxygen atoms in total. The number of hydrogen-bond acceptors (Lipinski definition) is 6. The molecule has 0 radical (unpaired) electrons. The van der Waals surface area contributed by atoms with Gasteiger partial charge in [0, 0.05) is 38.3 Å². The van der Waals surface area contributed by atoms with Crippen LogP contribution in [0, 0.1) is 0 Å². The number of benzene rings is 1. The van der Waals surface area contributed by atoms with Crippen LogP contribution in [0.3, 0.4) is 0 Å². The van der Waals surface area contributed by atoms with Crippen LogP contribution >= 0.6 is 0 Å². The molecule has 1 aliphatic heterocycles. The van der Waals surface area contributed by atoms with Crippen LogP contribution in [-0.2, 0) is 11.8 Å². The van der Waals surface area contributed by atoms with E-state index in [-0.39, 0.29) is 5.91 Å². The van der Waals surface area contributed by atoms with Gasteiger partial charge >= 0.3 is 0 Å². The third kappa shape index (κ3) is 4.40. The van der Waals surface area contributed by atoms with E-state index >= 15 is 0 Å². The van der Waals surface area contributed by atoms with Crippen molar-refractivity contribution in [3.63, 3.8) is 0 Å². The number of rotatable bonds is 7. The molecule has 2 aliphatic rings. The highest BCUT2D eigenvalue weighted by atomic mass is 16.5. The van der Waals surface area contributed by atoms with Gasteiger partial charge in [0.15, 0.2) is 5.65 Å². The smallest absolute Gasteiger partial charge is 0.256 e. The summed E-state index contributed by atoms with van der Waals surface area (Å²) in [6.07, 6.45) is 3.95. The van der Waals surface area contributed by atoms with Gasteiger partial charge in [0.2, 0.25) is 0 Å². The van der Waals surface area contributed by atoms with E-state index in [4.69, 9.17) is 14.5 Å². The first-order chi connectivity index (χ1) is 15.2. The van der Waals surface area contributed by atoms with Crippen molar-refractivity contribution < 1.29 is 14.3 Å². The molecule has 0 unspecified atom stereocenters. The number of nitrogens with zero attached hydrogens (tertiary/aromatic N) is 4. The van der Waals surface area contributed by atoms with E-state index in [2.05, 4.69) is 15.3 Å². The fraction of sp³-hybridized carbons (Fsp3) is 0.435. The van der Waals surface area contributed by atoms with Gasteiger partial charge in [-0.1, -0.05) is 12.1 Å². The summed E-state index contributed by atoms with van der Waals surface area (Å²) in [6.45, 7) is 4.77. The van der Waals surface area contributed by atoms with Gasteiger partial charge in [-0.3, -0.25) is 14.4 Å². The number of pyridine rings is 1. The number of amides is 1. The van der Waals surface area contributed by atoms with E-state index in [1.807, 2.05) is 37.4 Å². The Morgan fingerprint density at radius 1 is 1.26 bits per heavy atom. The summed E-state index contributed by atoms with van der Waals surface area (Å²) in [7, 11) is 1.85. The maximum absolute atomic E-state index is 13.3. The van der Waals surface area contributed by atoms with Crippen LogP contribution in [-0.4, -0.2) is 65.0 Å². The highest BCUT2D eigenvalue weighted by Gasteiger charge is 2.28. The van der Waals surface area contributed by atoms with Gasteiger partial charge in [-0.2, -0.15) is 5.10 Å². The van der Waals surface area contributed by atoms with Crippen molar-refractivity contribution in [1.82, 2.24) is 19.7 Å². The van der Waals surface area contributed by atoms with Gasteiger partial charge in [0.1, 0.15) is 12.4 Å². The third-order valence-electron chi connectivity index (χ3n) is 5.87. The van der Waals surface area contributed by atoms with Crippen molar-refractivity contribution in [3.05, 3.63) is 47.8 Å². The minimum atomic E-state index is -0.175. The molecule has 1 saturated heterocycles. The van der Waals surface area contributed by atoms with Gasteiger partial charge < -0.3 is 14.8 Å². The monoisotopic (exact) mass is 421 g/mol. The lowest BCUT2D eigenvalue weighted by atomic mass is 10.1. The quantitative estimate of drug-likeness (QED) is 0.632. The Hall–Kier alpha value is -2.97. The summed E-state index contributed by atoms with van der Waals surface area (Å²) >= 11 is 0. The molecule has 1 saturated carbocycles. The van der Waals surface area contributed by atoms with Crippen molar-refractivity contribution in [2.75, 3.05) is 44.8 Å². The predicted molar refractivity (Wildman–Crippen MR) is 118 cm³/mol. The molecule has 162 valence electrons. The molecule has 2 aromatic heterocycles. The highest BCUT2D eigenvalue weighted by molar-refractivity contribution is 6.12. The minimum Gasteiger partial charge on any atom is -0.490 e. The zero-order chi connectivity index (χ0) is 21.2. The average molecular weight is 422 g/mol. The molecule has 1 N–H and O–H groups in total. The van der Waals surface area contributed by atoms with Crippen LogP contribution in [0.15, 0.2) is 36.5 Å². The summed E-state index contributed by atoms with van der Waals surface area (Å²) in [5.74, 6) is 0.941. The van der Waals surface area contributed by atoms with Gasteiger partial charge in [0.05, 0.1) is 36.0 Å². The molecular weight excluding hydrogens is 394 g/mol. The lowest BCUT2D eigenvalue weighted by Gasteiger charge is -2.26. The van der Waals surface area contributed by atoms with Crippen LogP contribution in [0.4, 0.5) is 5.69 Å². The zero-order valence-electron chi connectivity index (χ0n) is 17.7. The van der Waals surface area contributed by atoms with E-state index in [0.29, 0.717) is 29.5 Å². The number of aromatic nitrogens is 3. The number of anilines is 1. The number of para-hydroxylation sites is 2. The number of aryl methyl sites for hydroxylation is 1. The molecule has 1 amide bonds. The van der Waals surface area contributed by atoms with Crippen molar-refractivity contribution in [3.8, 4) is 5.75 Å². The summed E-state index contributed by atoms with van der Waals surface area (Å²) < 4.78 is 13.1. The van der Waals surface area contributed by atoms with E-state index in [0.717, 1.165) is 62.4 Å². The second-order valence-electron chi connectivity index (χ2n) is 8.13. The third-order valence-corrected chi connectivity index (χ3v) is 5.87. The van der Waals surface area contributed by atoms with E-state index in [1.54, 1.807) is 10.9 Å². The van der Waals surface area contributed by atoms with Crippen LogP contribution in [0.5, 0.6) is 5.75 Å². The van der Waals surface area contributed by atoms with Crippen LogP contribution in [0.25, 0.3) is 11.0 Å². The standard InChI is InChI=1S/C23H27N5O3/c1-27-22-18(15-24-27)17(14-20(25-22)16-6-7-16)23(29)26-19-4-2-3-5-21(19)31-13-10-28-8-11-30-12-9-28/h2-5,14-16H,6-13H2,1H3,(H,26,29). The van der Waals surface area contributed by atoms with Crippen LogP contribution < -0.4 is 10.1 Å². The summed E-state index contributed by atoms with van der Waals surface area (Å²) in [4.78, 5) is 20.3. The molecule has 0 spiro atoms. The largest absolute Gasteiger partial charge is 0.490 e. The number of ether oxygens (including phenoxy) is 2. The van der Waals surface area contributed by atoms with Gasteiger partial charge in [-0.25, -0.2) is 4.98 Å². The van der Waals surface area contributed by atoms with Crippen molar-refractivity contribution in [2.24, 2.45) is 7.05 Å². The summed E-state index contributed by atoms with van der Waals surface area (Å²) in [5.41, 5.74) is 2.97. The minimum absolute atomic E-state index is 0.175. The van der Waals surface area contributed by atoms with E-state index < -0.39 is 0 Å². The summed E-state index contributed by atoms with van der Waals surface area (Å²) in [6, 6.07) is 9.48. The Labute approximate surface area is 181 Å². The van der Waals surface area contributed by atoms with Crippen molar-refractivity contribution >= 4 is 22.6 Å². The Morgan fingerprint density at radius 3 is 2.87 bits per heavy atom. The lowest BCUT2D eigenvalue weighted by molar-refractivity contribution is 0.0323. The normalized spacial score (nSPS) is 17.1. The topological polar surface area (TPSA) is 81.5 Å². The fourth-order valence-corrected chi connectivity index (χ4v) is 3.90. The number of morpholine rings is 1. The van der Waals surface area contributed by atoms with Gasteiger partial charge in [-0.15, -0.1) is 0 Å². The Bertz CT molecular complexity index is 1090. The van der Waals surface area contributed by atoms with Gasteiger partial charge in [0.25, 0.3) is 5.91 Å². The van der Waals surface area contributed by atoms with Gasteiger partial charge in [-0.05, 0) is 31.0 Å². The molecule has 1 aromatic carbocycles. The first-order valence-electron chi connectivity index (χ1n) is 10.8.